The van der Waals surface area contributed by atoms with E-state index in [1.165, 1.54) is 4.57 Å². The predicted octanol–water partition coefficient (Wildman–Crippen LogP) is 2.25. The van der Waals surface area contributed by atoms with Gasteiger partial charge in [0.2, 0.25) is 6.79 Å². The predicted molar refractivity (Wildman–Crippen MR) is 99.3 cm³/mol. The lowest BCUT2D eigenvalue weighted by molar-refractivity contribution is 0.0970. The average molecular weight is 366 g/mol. The van der Waals surface area contributed by atoms with Crippen molar-refractivity contribution in [2.75, 3.05) is 6.79 Å². The van der Waals surface area contributed by atoms with E-state index in [4.69, 9.17) is 15.2 Å². The zero-order valence-corrected chi connectivity index (χ0v) is 14.6. The van der Waals surface area contributed by atoms with Crippen molar-refractivity contribution in [3.63, 3.8) is 0 Å². The Hall–Kier alpha value is -3.32. The number of benzene rings is 2. The number of nitrogens with two attached hydrogens (primary N) is 1. The lowest BCUT2D eigenvalue weighted by Crippen LogP contribution is -2.27. The molecule has 1 unspecified atom stereocenters. The first-order valence-corrected chi connectivity index (χ1v) is 8.46. The van der Waals surface area contributed by atoms with Crippen molar-refractivity contribution in [1.29, 1.82) is 0 Å². The van der Waals surface area contributed by atoms with Crippen molar-refractivity contribution in [3.05, 3.63) is 63.9 Å². The Kier molecular flexibility index (Phi) is 4.08. The second kappa shape index (κ2) is 6.44. The fourth-order valence-corrected chi connectivity index (χ4v) is 3.29. The molecule has 0 spiro atoms. The Labute approximate surface area is 154 Å². The minimum absolute atomic E-state index is 0.124. The van der Waals surface area contributed by atoms with Gasteiger partial charge in [0.05, 0.1) is 5.52 Å². The van der Waals surface area contributed by atoms with Crippen LogP contribution in [0, 0.1) is 0 Å². The quantitative estimate of drug-likeness (QED) is 0.687. The number of carbonyl (C=O) groups is 1. The zero-order valence-electron chi connectivity index (χ0n) is 14.6. The molecule has 1 aliphatic heterocycles. The van der Waals surface area contributed by atoms with Gasteiger partial charge in [0.25, 0.3) is 5.56 Å². The summed E-state index contributed by atoms with van der Waals surface area (Å²) in [7, 11) is 1.57. The number of Topliss-reactive ketones (excluding diaryl/α,β-unsaturated/α-hetero) is 1. The first kappa shape index (κ1) is 17.1. The van der Waals surface area contributed by atoms with Crippen molar-refractivity contribution in [1.82, 2.24) is 4.57 Å². The van der Waals surface area contributed by atoms with Gasteiger partial charge in [0.1, 0.15) is 11.3 Å². The lowest BCUT2D eigenvalue weighted by atomic mass is 9.97. The number of hydrogen-bond donors (Lipinski definition) is 2. The van der Waals surface area contributed by atoms with Gasteiger partial charge in [-0.1, -0.05) is 18.2 Å². The smallest absolute Gasteiger partial charge is 0.265 e. The fraction of sp³-hybridized carbons (Fsp3) is 0.200. The summed E-state index contributed by atoms with van der Waals surface area (Å²) in [6.45, 7) is 0.147. The summed E-state index contributed by atoms with van der Waals surface area (Å²) in [4.78, 5) is 25.4. The van der Waals surface area contributed by atoms with Crippen LogP contribution in [0.25, 0.3) is 10.9 Å². The molecule has 27 heavy (non-hydrogen) atoms. The number of rotatable bonds is 4. The number of ketones is 1. The minimum atomic E-state index is -0.650. The van der Waals surface area contributed by atoms with Crippen LogP contribution in [0.1, 0.15) is 28.4 Å². The van der Waals surface area contributed by atoms with Crippen LogP contribution in [-0.2, 0) is 7.05 Å². The molecule has 1 aromatic heterocycles. The normalized spacial score (nSPS) is 13.7. The molecule has 2 aromatic carbocycles. The lowest BCUT2D eigenvalue weighted by Gasteiger charge is -2.14. The molecule has 3 aromatic rings. The average Bonchev–Trinajstić information content (AvgIpc) is 3.14. The molecule has 0 fully saturated rings. The van der Waals surface area contributed by atoms with E-state index in [-0.39, 0.29) is 24.5 Å². The van der Waals surface area contributed by atoms with Crippen LogP contribution >= 0.6 is 0 Å². The SMILES string of the molecule is Cn1c(=O)c(C(=O)CC(N)c2ccc3c(c2)OCO3)c(O)c2ccccc21. The standard InChI is InChI=1S/C20H18N2O5/c1-22-14-5-3-2-4-12(14)19(24)18(20(22)25)15(23)9-13(21)11-6-7-16-17(8-11)27-10-26-16/h2-8,13,24H,9-10,21H2,1H3. The molecule has 0 bridgehead atoms. The molecule has 138 valence electrons. The summed E-state index contributed by atoms with van der Waals surface area (Å²) in [6.07, 6.45) is -0.124. The monoisotopic (exact) mass is 366 g/mol. The Morgan fingerprint density at radius 1 is 1.22 bits per heavy atom. The number of aromatic hydroxyl groups is 1. The van der Waals surface area contributed by atoms with Gasteiger partial charge in [-0.05, 0) is 29.8 Å². The summed E-state index contributed by atoms with van der Waals surface area (Å²) in [5.41, 5.74) is 6.62. The molecule has 0 saturated carbocycles. The van der Waals surface area contributed by atoms with Gasteiger partial charge in [-0.3, -0.25) is 9.59 Å². The van der Waals surface area contributed by atoms with Gasteiger partial charge >= 0.3 is 0 Å². The van der Waals surface area contributed by atoms with Crippen LogP contribution in [-0.4, -0.2) is 22.2 Å². The van der Waals surface area contributed by atoms with Crippen LogP contribution in [0.4, 0.5) is 0 Å². The second-order valence-electron chi connectivity index (χ2n) is 6.45. The highest BCUT2D eigenvalue weighted by Gasteiger charge is 2.24. The molecular weight excluding hydrogens is 348 g/mol. The highest BCUT2D eigenvalue weighted by Crippen LogP contribution is 2.35. The van der Waals surface area contributed by atoms with Gasteiger partial charge in [-0.2, -0.15) is 0 Å². The van der Waals surface area contributed by atoms with E-state index in [0.29, 0.717) is 28.0 Å². The maximum Gasteiger partial charge on any atom is 0.265 e. The number of pyridine rings is 1. The molecule has 7 heteroatoms. The van der Waals surface area contributed by atoms with Gasteiger partial charge in [0.15, 0.2) is 17.3 Å². The van der Waals surface area contributed by atoms with Crippen LogP contribution in [0.5, 0.6) is 17.2 Å². The van der Waals surface area contributed by atoms with Gasteiger partial charge in [-0.25, -0.2) is 0 Å². The molecule has 1 aliphatic rings. The number of fused-ring (bicyclic) bond motifs is 2. The number of nitrogens with zero attached hydrogens (tertiary/aromatic N) is 1. The van der Waals surface area contributed by atoms with Crippen LogP contribution in [0.3, 0.4) is 0 Å². The topological polar surface area (TPSA) is 104 Å². The molecule has 1 atom stereocenters. The van der Waals surface area contributed by atoms with Crippen molar-refractivity contribution < 1.29 is 19.4 Å². The number of carbonyl (C=O) groups excluding carboxylic acids is 1. The van der Waals surface area contributed by atoms with E-state index in [9.17, 15) is 14.7 Å². The Morgan fingerprint density at radius 3 is 2.78 bits per heavy atom. The summed E-state index contributed by atoms with van der Waals surface area (Å²) in [5, 5.41) is 11.0. The van der Waals surface area contributed by atoms with Gasteiger partial charge in [0, 0.05) is 24.9 Å². The van der Waals surface area contributed by atoms with Crippen molar-refractivity contribution >= 4 is 16.7 Å². The molecule has 0 aliphatic carbocycles. The zero-order chi connectivity index (χ0) is 19.1. The molecule has 2 heterocycles. The molecule has 3 N–H and O–H groups in total. The molecule has 0 saturated heterocycles. The van der Waals surface area contributed by atoms with Crippen LogP contribution in [0.2, 0.25) is 0 Å². The third kappa shape index (κ3) is 2.82. The van der Waals surface area contributed by atoms with E-state index in [1.54, 1.807) is 49.5 Å². The summed E-state index contributed by atoms with van der Waals surface area (Å²) < 4.78 is 11.9. The fourth-order valence-electron chi connectivity index (χ4n) is 3.29. The minimum Gasteiger partial charge on any atom is -0.506 e. The van der Waals surface area contributed by atoms with Crippen LogP contribution in [0.15, 0.2) is 47.3 Å². The third-order valence-electron chi connectivity index (χ3n) is 4.78. The van der Waals surface area contributed by atoms with E-state index >= 15 is 0 Å². The number of aromatic nitrogens is 1. The molecular formula is C20H18N2O5. The Balaban J connectivity index is 1.68. The van der Waals surface area contributed by atoms with Gasteiger partial charge in [-0.15, -0.1) is 0 Å². The van der Waals surface area contributed by atoms with E-state index in [2.05, 4.69) is 0 Å². The first-order chi connectivity index (χ1) is 13.0. The van der Waals surface area contributed by atoms with Gasteiger partial charge < -0.3 is 24.9 Å². The van der Waals surface area contributed by atoms with Crippen LogP contribution < -0.4 is 20.8 Å². The number of aryl methyl sites for hydroxylation is 1. The van der Waals surface area contributed by atoms with Crippen molar-refractivity contribution in [3.8, 4) is 17.2 Å². The highest BCUT2D eigenvalue weighted by atomic mass is 16.7. The van der Waals surface area contributed by atoms with Crippen molar-refractivity contribution in [2.24, 2.45) is 12.8 Å². The number of ether oxygens (including phenoxy) is 2. The van der Waals surface area contributed by atoms with E-state index in [0.717, 1.165) is 0 Å². The second-order valence-corrected chi connectivity index (χ2v) is 6.45. The highest BCUT2D eigenvalue weighted by molar-refractivity contribution is 6.03. The molecule has 4 rings (SSSR count). The summed E-state index contributed by atoms with van der Waals surface area (Å²) in [5.74, 6) is 0.374. The summed E-state index contributed by atoms with van der Waals surface area (Å²) >= 11 is 0. The Morgan fingerprint density at radius 2 is 1.96 bits per heavy atom. The number of para-hydroxylation sites is 1. The third-order valence-corrected chi connectivity index (χ3v) is 4.78. The Bertz CT molecular complexity index is 1120. The maximum absolute atomic E-state index is 12.8. The molecule has 7 nitrogen and oxygen atoms in total. The van der Waals surface area contributed by atoms with Crippen molar-refractivity contribution in [2.45, 2.75) is 12.5 Å². The largest absolute Gasteiger partial charge is 0.506 e. The molecule has 0 radical (unpaired) electrons. The van der Waals surface area contributed by atoms with E-state index < -0.39 is 17.4 Å². The number of hydrogen-bond acceptors (Lipinski definition) is 6. The maximum atomic E-state index is 12.8. The molecule has 0 amide bonds. The van der Waals surface area contributed by atoms with E-state index in [1.807, 2.05) is 0 Å². The first-order valence-electron chi connectivity index (χ1n) is 8.46. The summed E-state index contributed by atoms with van der Waals surface area (Å²) in [6, 6.07) is 11.4.